The molecule has 0 aromatic heterocycles. The second-order valence-electron chi connectivity index (χ2n) is 3.92. The van der Waals surface area contributed by atoms with Gasteiger partial charge in [0.05, 0.1) is 0 Å². The number of carbonyl (C=O) groups is 1. The van der Waals surface area contributed by atoms with E-state index in [2.05, 4.69) is 21.2 Å². The highest BCUT2D eigenvalue weighted by Gasteiger charge is 2.10. The fourth-order valence-electron chi connectivity index (χ4n) is 1.29. The van der Waals surface area contributed by atoms with Crippen LogP contribution in [0.2, 0.25) is 0 Å². The molecule has 0 saturated heterocycles. The van der Waals surface area contributed by atoms with E-state index in [1.165, 1.54) is 6.07 Å². The Morgan fingerprint density at radius 1 is 1.41 bits per heavy atom. The molecule has 1 aromatic carbocycles. The predicted octanol–water partition coefficient (Wildman–Crippen LogP) is 3.12. The lowest BCUT2D eigenvalue weighted by molar-refractivity contribution is 0.0947. The lowest BCUT2D eigenvalue weighted by atomic mass is 10.1. The molecule has 5 heteroatoms. The van der Waals surface area contributed by atoms with Crippen molar-refractivity contribution in [2.24, 2.45) is 5.92 Å². The molecule has 0 aliphatic heterocycles. The fourth-order valence-corrected chi connectivity index (χ4v) is 2.08. The third-order valence-electron chi connectivity index (χ3n) is 2.39. The molecule has 0 aliphatic carbocycles. The average Bonchev–Trinajstić information content (AvgIpc) is 2.30. The van der Waals surface area contributed by atoms with Crippen molar-refractivity contribution in [2.75, 3.05) is 11.9 Å². The highest BCUT2D eigenvalue weighted by atomic mass is 79.9. The Kier molecular flexibility index (Phi) is 5.55. The molecule has 0 bridgehead atoms. The minimum Gasteiger partial charge on any atom is -0.352 e. The minimum atomic E-state index is -1.01. The molecule has 0 heterocycles. The van der Waals surface area contributed by atoms with E-state index in [0.717, 1.165) is 23.9 Å². The average molecular weight is 306 g/mol. The number of alkyl halides is 1. The molecule has 1 amide bonds. The van der Waals surface area contributed by atoms with Crippen molar-refractivity contribution in [1.29, 1.82) is 0 Å². The van der Waals surface area contributed by atoms with Gasteiger partial charge in [0.2, 0.25) is 0 Å². The molecule has 2 nitrogen and oxygen atoms in total. The molecule has 1 rings (SSSR count). The van der Waals surface area contributed by atoms with E-state index in [-0.39, 0.29) is 11.5 Å². The van der Waals surface area contributed by atoms with Crippen LogP contribution >= 0.6 is 15.9 Å². The zero-order valence-electron chi connectivity index (χ0n) is 9.47. The van der Waals surface area contributed by atoms with Crippen molar-refractivity contribution < 1.29 is 13.6 Å². The first-order chi connectivity index (χ1) is 8.04. The first kappa shape index (κ1) is 14.1. The van der Waals surface area contributed by atoms with E-state index in [1.807, 2.05) is 6.92 Å². The fraction of sp³-hybridized carbons (Fsp3) is 0.417. The van der Waals surface area contributed by atoms with E-state index < -0.39 is 11.6 Å². The van der Waals surface area contributed by atoms with Gasteiger partial charge in [-0.15, -0.1) is 0 Å². The molecule has 1 unspecified atom stereocenters. The summed E-state index contributed by atoms with van der Waals surface area (Å²) < 4.78 is 25.6. The van der Waals surface area contributed by atoms with E-state index in [4.69, 9.17) is 0 Å². The Morgan fingerprint density at radius 2 is 2.12 bits per heavy atom. The first-order valence-electron chi connectivity index (χ1n) is 5.33. The third-order valence-corrected chi connectivity index (χ3v) is 2.85. The van der Waals surface area contributed by atoms with Gasteiger partial charge in [-0.2, -0.15) is 0 Å². The lowest BCUT2D eigenvalue weighted by Crippen LogP contribution is -2.28. The van der Waals surface area contributed by atoms with Gasteiger partial charge in [0.15, 0.2) is 11.6 Å². The number of halogens is 3. The van der Waals surface area contributed by atoms with E-state index >= 15 is 0 Å². The topological polar surface area (TPSA) is 29.1 Å². The van der Waals surface area contributed by atoms with Gasteiger partial charge >= 0.3 is 0 Å². The molecular formula is C12H14BrF2NO. The summed E-state index contributed by atoms with van der Waals surface area (Å²) in [5, 5.41) is 3.55. The molecule has 1 N–H and O–H groups in total. The number of rotatable bonds is 5. The maximum atomic E-state index is 12.9. The molecule has 1 aromatic rings. The number of carbonyl (C=O) groups excluding carboxylic acids is 1. The highest BCUT2D eigenvalue weighted by molar-refractivity contribution is 9.09. The summed E-state index contributed by atoms with van der Waals surface area (Å²) in [5.41, 5.74) is 0.134. The zero-order valence-corrected chi connectivity index (χ0v) is 11.1. The summed E-state index contributed by atoms with van der Waals surface area (Å²) in [6.07, 6.45) is 0.943. The first-order valence-corrected chi connectivity index (χ1v) is 6.46. The molecule has 1 atom stereocenters. The number of benzene rings is 1. The van der Waals surface area contributed by atoms with Crippen molar-refractivity contribution in [1.82, 2.24) is 5.32 Å². The van der Waals surface area contributed by atoms with Gasteiger partial charge in [-0.25, -0.2) is 8.78 Å². The predicted molar refractivity (Wildman–Crippen MR) is 66.3 cm³/mol. The van der Waals surface area contributed by atoms with Gasteiger partial charge in [-0.1, -0.05) is 22.9 Å². The van der Waals surface area contributed by atoms with Crippen molar-refractivity contribution in [3.8, 4) is 0 Å². The maximum Gasteiger partial charge on any atom is 0.251 e. The van der Waals surface area contributed by atoms with Gasteiger partial charge in [0, 0.05) is 17.4 Å². The van der Waals surface area contributed by atoms with Crippen LogP contribution in [0, 0.1) is 17.6 Å². The smallest absolute Gasteiger partial charge is 0.251 e. The van der Waals surface area contributed by atoms with Crippen LogP contribution in [0.1, 0.15) is 23.7 Å². The van der Waals surface area contributed by atoms with Crippen LogP contribution in [-0.2, 0) is 0 Å². The number of nitrogens with one attached hydrogen (secondary N) is 1. The normalized spacial score (nSPS) is 12.2. The molecule has 0 fully saturated rings. The Morgan fingerprint density at radius 3 is 2.71 bits per heavy atom. The van der Waals surface area contributed by atoms with Gasteiger partial charge in [0.25, 0.3) is 5.91 Å². The van der Waals surface area contributed by atoms with Crippen molar-refractivity contribution in [3.05, 3.63) is 35.4 Å². The van der Waals surface area contributed by atoms with Gasteiger partial charge in [-0.3, -0.25) is 4.79 Å². The van der Waals surface area contributed by atoms with Crippen molar-refractivity contribution in [3.63, 3.8) is 0 Å². The molecule has 0 saturated carbocycles. The Balaban J connectivity index is 2.55. The number of hydrogen-bond donors (Lipinski definition) is 1. The van der Waals surface area contributed by atoms with E-state index in [9.17, 15) is 13.6 Å². The van der Waals surface area contributed by atoms with Gasteiger partial charge in [0.1, 0.15) is 0 Å². The minimum absolute atomic E-state index is 0.134. The van der Waals surface area contributed by atoms with Crippen molar-refractivity contribution >= 4 is 21.8 Å². The SMILES string of the molecule is CC(CCBr)CNC(=O)c1ccc(F)c(F)c1. The van der Waals surface area contributed by atoms with Crippen LogP contribution in [0.15, 0.2) is 18.2 Å². The Labute approximate surface area is 108 Å². The second kappa shape index (κ2) is 6.69. The van der Waals surface area contributed by atoms with Crippen LogP contribution in [-0.4, -0.2) is 17.8 Å². The monoisotopic (exact) mass is 305 g/mol. The van der Waals surface area contributed by atoms with Crippen LogP contribution in [0.25, 0.3) is 0 Å². The summed E-state index contributed by atoms with van der Waals surface area (Å²) in [4.78, 5) is 11.6. The number of hydrogen-bond acceptors (Lipinski definition) is 1. The van der Waals surface area contributed by atoms with E-state index in [0.29, 0.717) is 12.5 Å². The Bertz CT molecular complexity index is 398. The summed E-state index contributed by atoms with van der Waals surface area (Å²) in [7, 11) is 0. The molecule has 0 aliphatic rings. The summed E-state index contributed by atoms with van der Waals surface area (Å²) >= 11 is 3.32. The van der Waals surface area contributed by atoms with Crippen molar-refractivity contribution in [2.45, 2.75) is 13.3 Å². The maximum absolute atomic E-state index is 12.9. The molecule has 94 valence electrons. The van der Waals surface area contributed by atoms with Crippen LogP contribution in [0.5, 0.6) is 0 Å². The largest absolute Gasteiger partial charge is 0.352 e. The quantitative estimate of drug-likeness (QED) is 0.832. The molecular weight excluding hydrogens is 292 g/mol. The Hall–Kier alpha value is -0.970. The van der Waals surface area contributed by atoms with Gasteiger partial charge < -0.3 is 5.32 Å². The number of amides is 1. The highest BCUT2D eigenvalue weighted by Crippen LogP contribution is 2.09. The van der Waals surface area contributed by atoms with Gasteiger partial charge in [-0.05, 0) is 30.5 Å². The second-order valence-corrected chi connectivity index (χ2v) is 4.71. The summed E-state index contributed by atoms with van der Waals surface area (Å²) in [6, 6.07) is 3.12. The molecule has 17 heavy (non-hydrogen) atoms. The molecule has 0 radical (unpaired) electrons. The standard InChI is InChI=1S/C12H14BrF2NO/c1-8(4-5-13)7-16-12(17)9-2-3-10(14)11(15)6-9/h2-3,6,8H,4-5,7H2,1H3,(H,16,17). The van der Waals surface area contributed by atoms with E-state index in [1.54, 1.807) is 0 Å². The van der Waals surface area contributed by atoms with Crippen LogP contribution < -0.4 is 5.32 Å². The van der Waals surface area contributed by atoms with Crippen LogP contribution in [0.4, 0.5) is 8.78 Å². The third kappa shape index (κ3) is 4.42. The molecule has 0 spiro atoms. The van der Waals surface area contributed by atoms with Crippen LogP contribution in [0.3, 0.4) is 0 Å². The lowest BCUT2D eigenvalue weighted by Gasteiger charge is -2.11. The summed E-state index contributed by atoms with van der Waals surface area (Å²) in [5.74, 6) is -2.01. The summed E-state index contributed by atoms with van der Waals surface area (Å²) in [6.45, 7) is 2.52. The zero-order chi connectivity index (χ0) is 12.8.